The minimum absolute atomic E-state index is 1.01. The summed E-state index contributed by atoms with van der Waals surface area (Å²) in [5.74, 6) is 2.14. The molecule has 0 atom stereocenters. The zero-order valence-electron chi connectivity index (χ0n) is 14.3. The van der Waals surface area contributed by atoms with Crippen LogP contribution in [0, 0.1) is 13.8 Å². The molecule has 4 rings (SSSR count). The molecule has 0 fully saturated rings. The first-order valence-corrected chi connectivity index (χ1v) is 7.87. The SMILES string of the molecule is Cc1cc2c3ccccc3n(C)c2cc1-c1n(C)nc(C)[n+]1C. The molecular formula is C19H21N4+. The van der Waals surface area contributed by atoms with Crippen LogP contribution in [0.3, 0.4) is 0 Å². The maximum Gasteiger partial charge on any atom is 0.274 e. The number of aromatic nitrogens is 4. The van der Waals surface area contributed by atoms with Crippen molar-refractivity contribution in [2.24, 2.45) is 21.1 Å². The standard InChI is InChI=1S/C19H21N4/c1-12-10-16-14-8-6-7-9-17(14)22(4)18(16)11-15(12)19-21(3)13(2)20-23(19)5/h6-11H,1-5H3/q+1. The first kappa shape index (κ1) is 14.0. The lowest BCUT2D eigenvalue weighted by Gasteiger charge is -2.06. The van der Waals surface area contributed by atoms with Crippen LogP contribution in [-0.4, -0.2) is 14.3 Å². The van der Waals surface area contributed by atoms with E-state index in [0.29, 0.717) is 0 Å². The van der Waals surface area contributed by atoms with E-state index in [-0.39, 0.29) is 0 Å². The van der Waals surface area contributed by atoms with E-state index in [2.05, 4.69) is 71.7 Å². The second-order valence-electron chi connectivity index (χ2n) is 6.31. The third-order valence-electron chi connectivity index (χ3n) is 4.90. The molecule has 0 aliphatic heterocycles. The summed E-state index contributed by atoms with van der Waals surface area (Å²) < 4.78 is 6.39. The predicted molar refractivity (Wildman–Crippen MR) is 93.3 cm³/mol. The van der Waals surface area contributed by atoms with Gasteiger partial charge in [0.25, 0.3) is 11.6 Å². The van der Waals surface area contributed by atoms with Crippen LogP contribution >= 0.6 is 0 Å². The number of rotatable bonds is 1. The molecule has 2 heterocycles. The molecule has 0 radical (unpaired) electrons. The highest BCUT2D eigenvalue weighted by atomic mass is 15.4. The van der Waals surface area contributed by atoms with Gasteiger partial charge < -0.3 is 4.57 Å². The summed E-state index contributed by atoms with van der Waals surface area (Å²) in [7, 11) is 6.22. The van der Waals surface area contributed by atoms with Crippen LogP contribution < -0.4 is 4.57 Å². The van der Waals surface area contributed by atoms with E-state index in [4.69, 9.17) is 0 Å². The van der Waals surface area contributed by atoms with E-state index in [1.54, 1.807) is 0 Å². The molecule has 4 nitrogen and oxygen atoms in total. The van der Waals surface area contributed by atoms with Crippen molar-refractivity contribution in [3.05, 3.63) is 47.8 Å². The fourth-order valence-corrected chi connectivity index (χ4v) is 3.61. The molecule has 4 aromatic rings. The number of hydrogen-bond acceptors (Lipinski definition) is 1. The molecule has 2 aromatic heterocycles. The van der Waals surface area contributed by atoms with Crippen LogP contribution in [0.15, 0.2) is 36.4 Å². The highest BCUT2D eigenvalue weighted by Gasteiger charge is 2.22. The van der Waals surface area contributed by atoms with Gasteiger partial charge in [-0.1, -0.05) is 18.2 Å². The summed E-state index contributed by atoms with van der Waals surface area (Å²) in [6.45, 7) is 4.22. The highest BCUT2D eigenvalue weighted by Crippen LogP contribution is 2.33. The number of nitrogens with zero attached hydrogens (tertiary/aromatic N) is 4. The Morgan fingerprint density at radius 1 is 0.957 bits per heavy atom. The minimum atomic E-state index is 1.01. The molecule has 0 unspecified atom stereocenters. The summed E-state index contributed by atoms with van der Waals surface area (Å²) in [5.41, 5.74) is 5.02. The molecule has 0 saturated heterocycles. The molecular weight excluding hydrogens is 284 g/mol. The second-order valence-corrected chi connectivity index (χ2v) is 6.31. The lowest BCUT2D eigenvalue weighted by molar-refractivity contribution is -0.667. The predicted octanol–water partition coefficient (Wildman–Crippen LogP) is 3.17. The highest BCUT2D eigenvalue weighted by molar-refractivity contribution is 6.09. The van der Waals surface area contributed by atoms with Crippen molar-refractivity contribution < 1.29 is 4.57 Å². The summed E-state index contributed by atoms with van der Waals surface area (Å²) in [5, 5.41) is 7.17. The third-order valence-corrected chi connectivity index (χ3v) is 4.90. The van der Waals surface area contributed by atoms with E-state index in [1.807, 2.05) is 18.7 Å². The van der Waals surface area contributed by atoms with E-state index in [1.165, 1.54) is 32.9 Å². The molecule has 0 aliphatic carbocycles. The summed E-state index contributed by atoms with van der Waals surface area (Å²) in [6.07, 6.45) is 0. The largest absolute Gasteiger partial charge is 0.344 e. The molecule has 2 aromatic carbocycles. The molecule has 0 saturated carbocycles. The Hall–Kier alpha value is -2.62. The van der Waals surface area contributed by atoms with Crippen LogP contribution in [0.1, 0.15) is 11.4 Å². The smallest absolute Gasteiger partial charge is 0.274 e. The lowest BCUT2D eigenvalue weighted by atomic mass is 10.0. The van der Waals surface area contributed by atoms with Gasteiger partial charge in [0.1, 0.15) is 0 Å². The summed E-state index contributed by atoms with van der Waals surface area (Å²) in [4.78, 5) is 0. The molecule has 0 N–H and O–H groups in total. The van der Waals surface area contributed by atoms with E-state index in [0.717, 1.165) is 11.6 Å². The van der Waals surface area contributed by atoms with E-state index in [9.17, 15) is 0 Å². The van der Waals surface area contributed by atoms with Crippen molar-refractivity contribution in [1.29, 1.82) is 0 Å². The van der Waals surface area contributed by atoms with Gasteiger partial charge >= 0.3 is 0 Å². The second kappa shape index (κ2) is 4.69. The van der Waals surface area contributed by atoms with Crippen molar-refractivity contribution >= 4 is 21.8 Å². The Morgan fingerprint density at radius 2 is 1.70 bits per heavy atom. The van der Waals surface area contributed by atoms with Crippen molar-refractivity contribution in [1.82, 2.24) is 14.3 Å². The first-order valence-electron chi connectivity index (χ1n) is 7.87. The fraction of sp³-hybridized carbons (Fsp3) is 0.263. The Morgan fingerprint density at radius 3 is 2.39 bits per heavy atom. The van der Waals surface area contributed by atoms with Crippen LogP contribution in [0.25, 0.3) is 33.2 Å². The average molecular weight is 305 g/mol. The average Bonchev–Trinajstić information content (AvgIpc) is 2.94. The first-order chi connectivity index (χ1) is 11.0. The van der Waals surface area contributed by atoms with Gasteiger partial charge in [-0.25, -0.2) is 4.57 Å². The van der Waals surface area contributed by atoms with Crippen LogP contribution in [0.2, 0.25) is 0 Å². The normalized spacial score (nSPS) is 11.7. The lowest BCUT2D eigenvalue weighted by Crippen LogP contribution is -2.32. The maximum absolute atomic E-state index is 4.55. The number of fused-ring (bicyclic) bond motifs is 3. The number of aryl methyl sites for hydroxylation is 4. The molecule has 116 valence electrons. The van der Waals surface area contributed by atoms with Gasteiger partial charge in [-0.15, -0.1) is 4.68 Å². The molecule has 0 amide bonds. The fourth-order valence-electron chi connectivity index (χ4n) is 3.61. The van der Waals surface area contributed by atoms with Crippen LogP contribution in [0.5, 0.6) is 0 Å². The van der Waals surface area contributed by atoms with Crippen LogP contribution in [0.4, 0.5) is 0 Å². The van der Waals surface area contributed by atoms with Gasteiger partial charge in [-0.3, -0.25) is 0 Å². The van der Waals surface area contributed by atoms with Crippen molar-refractivity contribution in [2.75, 3.05) is 0 Å². The number of hydrogen-bond donors (Lipinski definition) is 0. The van der Waals surface area contributed by atoms with Crippen molar-refractivity contribution in [3.63, 3.8) is 0 Å². The Labute approximate surface area is 135 Å². The minimum Gasteiger partial charge on any atom is -0.344 e. The Balaban J connectivity index is 2.12. The summed E-state index contributed by atoms with van der Waals surface area (Å²) in [6, 6.07) is 13.2. The van der Waals surface area contributed by atoms with E-state index >= 15 is 0 Å². The van der Waals surface area contributed by atoms with Crippen molar-refractivity contribution in [3.8, 4) is 11.4 Å². The van der Waals surface area contributed by atoms with Gasteiger partial charge in [-0.2, -0.15) is 0 Å². The third kappa shape index (κ3) is 1.84. The Bertz CT molecular complexity index is 1070. The van der Waals surface area contributed by atoms with Gasteiger partial charge in [-0.05, 0) is 30.7 Å². The zero-order valence-corrected chi connectivity index (χ0v) is 14.3. The summed E-state index contributed by atoms with van der Waals surface area (Å²) >= 11 is 0. The maximum atomic E-state index is 4.55. The zero-order chi connectivity index (χ0) is 16.3. The molecule has 4 heteroatoms. The monoisotopic (exact) mass is 305 g/mol. The number of benzene rings is 2. The van der Waals surface area contributed by atoms with Crippen LogP contribution in [-0.2, 0) is 21.1 Å². The Kier molecular flexibility index (Phi) is 2.85. The number of para-hydroxylation sites is 1. The topological polar surface area (TPSA) is 26.6 Å². The van der Waals surface area contributed by atoms with E-state index < -0.39 is 0 Å². The van der Waals surface area contributed by atoms with Gasteiger partial charge in [0.15, 0.2) is 0 Å². The molecule has 0 spiro atoms. The van der Waals surface area contributed by atoms with Crippen molar-refractivity contribution in [2.45, 2.75) is 13.8 Å². The van der Waals surface area contributed by atoms with Gasteiger partial charge in [0.05, 0.1) is 19.7 Å². The van der Waals surface area contributed by atoms with Gasteiger partial charge in [0, 0.05) is 40.9 Å². The molecule has 23 heavy (non-hydrogen) atoms. The molecule has 0 bridgehead atoms. The molecule has 0 aliphatic rings. The quantitative estimate of drug-likeness (QED) is 0.496. The van der Waals surface area contributed by atoms with Gasteiger partial charge in [0.2, 0.25) is 0 Å².